The van der Waals surface area contributed by atoms with Crippen LogP contribution in [0.15, 0.2) is 70.0 Å². The summed E-state index contributed by atoms with van der Waals surface area (Å²) in [4.78, 5) is 26.0. The molecule has 4 rings (SSSR count). The van der Waals surface area contributed by atoms with Crippen molar-refractivity contribution in [1.29, 1.82) is 0 Å². The van der Waals surface area contributed by atoms with Gasteiger partial charge in [0.05, 0.1) is 11.4 Å². The third kappa shape index (κ3) is 3.97. The highest BCUT2D eigenvalue weighted by Gasteiger charge is 2.11. The van der Waals surface area contributed by atoms with Gasteiger partial charge in [0, 0.05) is 28.6 Å². The maximum Gasteiger partial charge on any atom is 0.439 e. The van der Waals surface area contributed by atoms with Crippen LogP contribution in [-0.2, 0) is 4.79 Å². The van der Waals surface area contributed by atoms with Gasteiger partial charge in [0.1, 0.15) is 0 Å². The topological polar surface area (TPSA) is 106 Å². The van der Waals surface area contributed by atoms with Crippen LogP contribution in [0.1, 0.15) is 17.0 Å². The van der Waals surface area contributed by atoms with Gasteiger partial charge in [0.15, 0.2) is 5.82 Å². The van der Waals surface area contributed by atoms with Gasteiger partial charge in [0.25, 0.3) is 0 Å². The first-order valence-electron chi connectivity index (χ1n) is 9.28. The monoisotopic (exact) mass is 401 g/mol. The zero-order chi connectivity index (χ0) is 21.1. The SMILES string of the molecule is Cc1nn(-c2ccccc2)c(C)c1/C=C/C(=O)Nc1cccc(-c2noc(=O)[nH]2)c1. The number of amides is 1. The lowest BCUT2D eigenvalue weighted by Gasteiger charge is -2.04. The van der Waals surface area contributed by atoms with E-state index in [2.05, 4.69) is 25.1 Å². The molecule has 0 bridgehead atoms. The Kier molecular flexibility index (Phi) is 5.13. The number of anilines is 1. The fourth-order valence-corrected chi connectivity index (χ4v) is 3.16. The van der Waals surface area contributed by atoms with E-state index in [1.165, 1.54) is 6.08 Å². The fourth-order valence-electron chi connectivity index (χ4n) is 3.16. The molecule has 8 heteroatoms. The predicted octanol–water partition coefficient (Wildman–Crippen LogP) is 3.48. The standard InChI is InChI=1S/C22H19N5O3/c1-14-19(15(2)27(25-14)18-9-4-3-5-10-18)11-12-20(28)23-17-8-6-7-16(13-17)21-24-22(29)30-26-21/h3-13H,1-2H3,(H,23,28)(H,24,26,29)/b12-11+. The van der Waals surface area contributed by atoms with Gasteiger partial charge in [-0.3, -0.25) is 14.3 Å². The molecule has 8 nitrogen and oxygen atoms in total. The fraction of sp³-hybridized carbons (Fsp3) is 0.0909. The molecule has 0 aliphatic rings. The van der Waals surface area contributed by atoms with Gasteiger partial charge in [-0.1, -0.05) is 35.5 Å². The van der Waals surface area contributed by atoms with Crippen molar-refractivity contribution in [1.82, 2.24) is 19.9 Å². The molecule has 0 saturated heterocycles. The van der Waals surface area contributed by atoms with Crippen molar-refractivity contribution in [2.75, 3.05) is 5.32 Å². The Labute approximate surface area is 171 Å². The summed E-state index contributed by atoms with van der Waals surface area (Å²) in [6, 6.07) is 16.8. The van der Waals surface area contributed by atoms with E-state index in [-0.39, 0.29) is 5.91 Å². The molecule has 2 aromatic carbocycles. The van der Waals surface area contributed by atoms with Crippen molar-refractivity contribution in [3.8, 4) is 17.1 Å². The zero-order valence-electron chi connectivity index (χ0n) is 16.4. The molecule has 0 spiro atoms. The molecule has 0 saturated carbocycles. The lowest BCUT2D eigenvalue weighted by atomic mass is 10.1. The van der Waals surface area contributed by atoms with Crippen LogP contribution in [0.4, 0.5) is 5.69 Å². The minimum absolute atomic E-state index is 0.285. The second kappa shape index (κ2) is 8.04. The highest BCUT2D eigenvalue weighted by atomic mass is 16.5. The maximum absolute atomic E-state index is 12.4. The van der Waals surface area contributed by atoms with Gasteiger partial charge in [-0.2, -0.15) is 5.10 Å². The molecule has 0 radical (unpaired) electrons. The summed E-state index contributed by atoms with van der Waals surface area (Å²) < 4.78 is 6.37. The van der Waals surface area contributed by atoms with Gasteiger partial charge < -0.3 is 5.32 Å². The predicted molar refractivity (Wildman–Crippen MR) is 113 cm³/mol. The van der Waals surface area contributed by atoms with Crippen molar-refractivity contribution < 1.29 is 9.32 Å². The highest BCUT2D eigenvalue weighted by molar-refractivity contribution is 6.02. The Morgan fingerprint density at radius 2 is 1.93 bits per heavy atom. The molecule has 0 fully saturated rings. The molecule has 4 aromatic rings. The van der Waals surface area contributed by atoms with Crippen molar-refractivity contribution >= 4 is 17.7 Å². The van der Waals surface area contributed by atoms with Gasteiger partial charge in [-0.15, -0.1) is 0 Å². The average Bonchev–Trinajstić information content (AvgIpc) is 3.30. The van der Waals surface area contributed by atoms with Crippen molar-refractivity contribution in [3.63, 3.8) is 0 Å². The van der Waals surface area contributed by atoms with Crippen molar-refractivity contribution in [2.24, 2.45) is 0 Å². The van der Waals surface area contributed by atoms with E-state index in [0.29, 0.717) is 17.1 Å². The van der Waals surface area contributed by atoms with Crippen LogP contribution in [0.3, 0.4) is 0 Å². The van der Waals surface area contributed by atoms with Gasteiger partial charge in [-0.25, -0.2) is 9.48 Å². The molecule has 0 aliphatic carbocycles. The van der Waals surface area contributed by atoms with Crippen molar-refractivity contribution in [3.05, 3.63) is 88.2 Å². The Bertz CT molecular complexity index is 1280. The Hall–Kier alpha value is -4.20. The third-order valence-electron chi connectivity index (χ3n) is 4.59. The molecule has 0 aliphatic heterocycles. The summed E-state index contributed by atoms with van der Waals surface area (Å²) in [5.41, 5.74) is 4.82. The summed E-state index contributed by atoms with van der Waals surface area (Å²) in [5, 5.41) is 11.0. The van der Waals surface area contributed by atoms with E-state index >= 15 is 0 Å². The molecule has 2 aromatic heterocycles. The van der Waals surface area contributed by atoms with Gasteiger partial charge >= 0.3 is 5.76 Å². The van der Waals surface area contributed by atoms with Gasteiger partial charge in [-0.05, 0) is 44.2 Å². The summed E-state index contributed by atoms with van der Waals surface area (Å²) in [7, 11) is 0. The van der Waals surface area contributed by atoms with E-state index in [1.807, 2.05) is 48.9 Å². The van der Waals surface area contributed by atoms with Crippen LogP contribution in [0, 0.1) is 13.8 Å². The minimum Gasteiger partial charge on any atom is -0.322 e. The number of hydrogen-bond acceptors (Lipinski definition) is 5. The first kappa shape index (κ1) is 19.1. The van der Waals surface area contributed by atoms with E-state index in [4.69, 9.17) is 0 Å². The summed E-state index contributed by atoms with van der Waals surface area (Å²) in [5.74, 6) is -0.623. The normalized spacial score (nSPS) is 11.1. The van der Waals surface area contributed by atoms with Crippen LogP contribution in [0.25, 0.3) is 23.2 Å². The molecule has 150 valence electrons. The quantitative estimate of drug-likeness (QED) is 0.498. The third-order valence-corrected chi connectivity index (χ3v) is 4.59. The molecule has 2 heterocycles. The van der Waals surface area contributed by atoms with E-state index in [1.54, 1.807) is 30.3 Å². The number of aryl methyl sites for hydroxylation is 1. The number of carbonyl (C=O) groups is 1. The van der Waals surface area contributed by atoms with E-state index in [9.17, 15) is 9.59 Å². The molecule has 1 amide bonds. The molecular weight excluding hydrogens is 382 g/mol. The van der Waals surface area contributed by atoms with Crippen LogP contribution in [0.2, 0.25) is 0 Å². The van der Waals surface area contributed by atoms with Crippen LogP contribution in [0.5, 0.6) is 0 Å². The number of aromatic nitrogens is 4. The number of para-hydroxylation sites is 1. The highest BCUT2D eigenvalue weighted by Crippen LogP contribution is 2.20. The van der Waals surface area contributed by atoms with E-state index in [0.717, 1.165) is 22.6 Å². The summed E-state index contributed by atoms with van der Waals surface area (Å²) in [6.45, 7) is 3.87. The molecule has 0 atom stereocenters. The van der Waals surface area contributed by atoms with Gasteiger partial charge in [0.2, 0.25) is 5.91 Å². The molecule has 30 heavy (non-hydrogen) atoms. The minimum atomic E-state index is -0.635. The molecular formula is C22H19N5O3. The zero-order valence-corrected chi connectivity index (χ0v) is 16.4. The number of nitrogens with one attached hydrogen (secondary N) is 2. The second-order valence-electron chi connectivity index (χ2n) is 6.68. The maximum atomic E-state index is 12.4. The first-order chi connectivity index (χ1) is 14.5. The largest absolute Gasteiger partial charge is 0.439 e. The molecule has 2 N–H and O–H groups in total. The Morgan fingerprint density at radius 3 is 2.67 bits per heavy atom. The van der Waals surface area contributed by atoms with E-state index < -0.39 is 5.76 Å². The number of carbonyl (C=O) groups excluding carboxylic acids is 1. The smallest absolute Gasteiger partial charge is 0.322 e. The van der Waals surface area contributed by atoms with Crippen LogP contribution < -0.4 is 11.1 Å². The lowest BCUT2D eigenvalue weighted by molar-refractivity contribution is -0.111. The summed E-state index contributed by atoms with van der Waals surface area (Å²) in [6.07, 6.45) is 3.22. The molecule has 0 unspecified atom stereocenters. The van der Waals surface area contributed by atoms with Crippen LogP contribution >= 0.6 is 0 Å². The number of rotatable bonds is 5. The summed E-state index contributed by atoms with van der Waals surface area (Å²) >= 11 is 0. The number of hydrogen-bond donors (Lipinski definition) is 2. The number of aromatic amines is 1. The van der Waals surface area contributed by atoms with Crippen molar-refractivity contribution in [2.45, 2.75) is 13.8 Å². The number of benzene rings is 2. The Morgan fingerprint density at radius 1 is 1.13 bits per heavy atom. The average molecular weight is 401 g/mol. The first-order valence-corrected chi connectivity index (χ1v) is 9.28. The number of nitrogens with zero attached hydrogens (tertiary/aromatic N) is 3. The lowest BCUT2D eigenvalue weighted by Crippen LogP contribution is -2.07. The van der Waals surface area contributed by atoms with Crippen LogP contribution in [-0.4, -0.2) is 25.8 Å². The Balaban J connectivity index is 1.51. The second-order valence-corrected chi connectivity index (χ2v) is 6.68. The number of H-pyrrole nitrogens is 1.